The van der Waals surface area contributed by atoms with Crippen LogP contribution in [0.2, 0.25) is 5.02 Å². The quantitative estimate of drug-likeness (QED) is 0.866. The van der Waals surface area contributed by atoms with Gasteiger partial charge in [0, 0.05) is 23.2 Å². The predicted molar refractivity (Wildman–Crippen MR) is 75.9 cm³/mol. The smallest absolute Gasteiger partial charge is 0.244 e. The van der Waals surface area contributed by atoms with E-state index in [0.29, 0.717) is 17.1 Å². The lowest BCUT2D eigenvalue weighted by atomic mass is 10.1. The van der Waals surface area contributed by atoms with Crippen LogP contribution in [0.4, 0.5) is 4.39 Å². The summed E-state index contributed by atoms with van der Waals surface area (Å²) in [7, 11) is 0. The predicted octanol–water partition coefficient (Wildman–Crippen LogP) is 2.50. The van der Waals surface area contributed by atoms with E-state index >= 15 is 0 Å². The highest BCUT2D eigenvalue weighted by atomic mass is 35.5. The number of halogens is 2. The molecule has 1 aliphatic carbocycles. The Morgan fingerprint density at radius 2 is 2.25 bits per heavy atom. The average molecular weight is 295 g/mol. The molecule has 1 fully saturated rings. The number of hydrogen-bond acceptors (Lipinski definition) is 2. The van der Waals surface area contributed by atoms with Crippen LogP contribution in [-0.4, -0.2) is 29.4 Å². The van der Waals surface area contributed by atoms with Crippen LogP contribution < -0.4 is 5.32 Å². The summed E-state index contributed by atoms with van der Waals surface area (Å²) in [6.45, 7) is 0.941. The van der Waals surface area contributed by atoms with Crippen LogP contribution in [-0.2, 0) is 11.3 Å². The molecule has 20 heavy (non-hydrogen) atoms. The van der Waals surface area contributed by atoms with Crippen molar-refractivity contribution in [1.29, 1.82) is 0 Å². The van der Waals surface area contributed by atoms with Crippen molar-refractivity contribution in [2.45, 2.75) is 31.5 Å². The van der Waals surface area contributed by atoms with Crippen molar-refractivity contribution in [3.05, 3.63) is 46.8 Å². The zero-order chi connectivity index (χ0) is 14.1. The Kier molecular flexibility index (Phi) is 3.76. The van der Waals surface area contributed by atoms with Crippen molar-refractivity contribution < 1.29 is 9.18 Å². The first kappa shape index (κ1) is 13.6. The molecule has 1 amide bonds. The van der Waals surface area contributed by atoms with Gasteiger partial charge in [0.2, 0.25) is 5.91 Å². The van der Waals surface area contributed by atoms with Crippen LogP contribution >= 0.6 is 11.6 Å². The van der Waals surface area contributed by atoms with E-state index in [0.717, 1.165) is 12.8 Å². The van der Waals surface area contributed by atoms with Crippen LogP contribution in [0.1, 0.15) is 18.4 Å². The number of nitrogens with one attached hydrogen (secondary N) is 1. The summed E-state index contributed by atoms with van der Waals surface area (Å²) in [4.78, 5) is 14.2. The number of benzene rings is 1. The summed E-state index contributed by atoms with van der Waals surface area (Å²) in [5, 5.41) is 3.48. The third kappa shape index (κ3) is 2.72. The van der Waals surface area contributed by atoms with Gasteiger partial charge in [0.15, 0.2) is 0 Å². The largest absolute Gasteiger partial charge is 0.334 e. The number of carbonyl (C=O) groups excluding carboxylic acids is 1. The maximum atomic E-state index is 13.9. The Balaban J connectivity index is 1.81. The topological polar surface area (TPSA) is 32.3 Å². The molecule has 2 aliphatic rings. The van der Waals surface area contributed by atoms with Gasteiger partial charge in [0.25, 0.3) is 0 Å². The molecule has 0 aromatic heterocycles. The van der Waals surface area contributed by atoms with Crippen molar-refractivity contribution in [2.24, 2.45) is 0 Å². The van der Waals surface area contributed by atoms with Crippen LogP contribution in [0, 0.1) is 5.82 Å². The number of carbonyl (C=O) groups is 1. The van der Waals surface area contributed by atoms with Gasteiger partial charge < -0.3 is 4.90 Å². The minimum Gasteiger partial charge on any atom is -0.334 e. The molecule has 0 radical (unpaired) electrons. The van der Waals surface area contributed by atoms with E-state index in [1.54, 1.807) is 17.0 Å². The van der Waals surface area contributed by atoms with E-state index in [4.69, 9.17) is 11.6 Å². The minimum atomic E-state index is -0.356. The summed E-state index contributed by atoms with van der Waals surface area (Å²) >= 11 is 6.06. The molecule has 0 saturated heterocycles. The van der Waals surface area contributed by atoms with E-state index in [2.05, 4.69) is 5.32 Å². The van der Waals surface area contributed by atoms with Gasteiger partial charge in [0.05, 0.1) is 6.54 Å². The summed E-state index contributed by atoms with van der Waals surface area (Å²) in [5.41, 5.74) is 0.399. The van der Waals surface area contributed by atoms with Gasteiger partial charge in [-0.1, -0.05) is 29.8 Å². The van der Waals surface area contributed by atoms with Gasteiger partial charge in [-0.25, -0.2) is 4.39 Å². The number of rotatable bonds is 4. The van der Waals surface area contributed by atoms with E-state index in [1.807, 2.05) is 12.2 Å². The van der Waals surface area contributed by atoms with Crippen molar-refractivity contribution >= 4 is 17.5 Å². The van der Waals surface area contributed by atoms with Gasteiger partial charge in [0.1, 0.15) is 11.9 Å². The maximum absolute atomic E-state index is 13.9. The molecule has 0 bridgehead atoms. The van der Waals surface area contributed by atoms with Gasteiger partial charge in [-0.15, -0.1) is 0 Å². The standard InChI is InChI=1S/C15H16ClFN2O/c16-12-3-1-4-13(17)11(12)9-19(10-6-7-10)15(20)14-5-2-8-18-14/h1-5,10,14,18H,6-9H2/t14-/m1/s1. The van der Waals surface area contributed by atoms with Crippen molar-refractivity contribution in [3.63, 3.8) is 0 Å². The summed E-state index contributed by atoms with van der Waals surface area (Å²) < 4.78 is 13.9. The first-order valence-corrected chi connectivity index (χ1v) is 7.18. The molecule has 1 aromatic rings. The Bertz CT molecular complexity index is 537. The molecular weight excluding hydrogens is 279 g/mol. The molecule has 3 nitrogen and oxygen atoms in total. The number of amides is 1. The van der Waals surface area contributed by atoms with Crippen LogP contribution in [0.15, 0.2) is 30.4 Å². The summed E-state index contributed by atoms with van der Waals surface area (Å²) in [6.07, 6.45) is 5.76. The monoisotopic (exact) mass is 294 g/mol. The molecule has 5 heteroatoms. The lowest BCUT2D eigenvalue weighted by Gasteiger charge is -2.26. The summed E-state index contributed by atoms with van der Waals surface area (Å²) in [5.74, 6) is -0.355. The van der Waals surface area contributed by atoms with Gasteiger partial charge in [-0.3, -0.25) is 10.1 Å². The molecule has 0 spiro atoms. The lowest BCUT2D eigenvalue weighted by molar-refractivity contribution is -0.133. The van der Waals surface area contributed by atoms with Crippen LogP contribution in [0.5, 0.6) is 0 Å². The normalized spacial score (nSPS) is 21.2. The van der Waals surface area contributed by atoms with E-state index in [9.17, 15) is 9.18 Å². The van der Waals surface area contributed by atoms with Crippen molar-refractivity contribution in [3.8, 4) is 0 Å². The molecule has 1 aliphatic heterocycles. The molecule has 1 N–H and O–H groups in total. The molecular formula is C15H16ClFN2O. The minimum absolute atomic E-state index is 0.000528. The first-order chi connectivity index (χ1) is 9.66. The third-order valence-corrected chi connectivity index (χ3v) is 4.07. The third-order valence-electron chi connectivity index (χ3n) is 3.71. The second-order valence-electron chi connectivity index (χ2n) is 5.21. The fraction of sp³-hybridized carbons (Fsp3) is 0.400. The molecule has 106 valence electrons. The molecule has 1 atom stereocenters. The second kappa shape index (κ2) is 5.54. The second-order valence-corrected chi connectivity index (χ2v) is 5.62. The number of nitrogens with zero attached hydrogens (tertiary/aromatic N) is 1. The van der Waals surface area contributed by atoms with E-state index in [-0.39, 0.29) is 30.4 Å². The first-order valence-electron chi connectivity index (χ1n) is 6.80. The van der Waals surface area contributed by atoms with E-state index < -0.39 is 0 Å². The molecule has 0 unspecified atom stereocenters. The number of hydrogen-bond donors (Lipinski definition) is 1. The zero-order valence-corrected chi connectivity index (χ0v) is 11.7. The Hall–Kier alpha value is -1.39. The summed E-state index contributed by atoms with van der Waals surface area (Å²) in [6, 6.07) is 4.54. The maximum Gasteiger partial charge on any atom is 0.244 e. The Morgan fingerprint density at radius 1 is 1.45 bits per heavy atom. The average Bonchev–Trinajstić information content (AvgIpc) is 3.11. The zero-order valence-electron chi connectivity index (χ0n) is 11.0. The molecule has 1 saturated carbocycles. The van der Waals surface area contributed by atoms with E-state index in [1.165, 1.54) is 6.07 Å². The molecule has 1 heterocycles. The van der Waals surface area contributed by atoms with Gasteiger partial charge in [-0.2, -0.15) is 0 Å². The molecule has 3 rings (SSSR count). The fourth-order valence-corrected chi connectivity index (χ4v) is 2.67. The SMILES string of the molecule is O=C([C@H]1C=CCN1)N(Cc1c(F)cccc1Cl)C1CC1. The Morgan fingerprint density at radius 3 is 2.85 bits per heavy atom. The van der Waals surface area contributed by atoms with Crippen molar-refractivity contribution in [2.75, 3.05) is 6.54 Å². The molecule has 1 aromatic carbocycles. The van der Waals surface area contributed by atoms with Crippen molar-refractivity contribution in [1.82, 2.24) is 10.2 Å². The van der Waals surface area contributed by atoms with Crippen LogP contribution in [0.3, 0.4) is 0 Å². The highest BCUT2D eigenvalue weighted by Crippen LogP contribution is 2.31. The Labute approximate surface area is 122 Å². The highest BCUT2D eigenvalue weighted by molar-refractivity contribution is 6.31. The van der Waals surface area contributed by atoms with Gasteiger partial charge >= 0.3 is 0 Å². The fourth-order valence-electron chi connectivity index (χ4n) is 2.44. The lowest BCUT2D eigenvalue weighted by Crippen LogP contribution is -2.44. The van der Waals surface area contributed by atoms with Crippen LogP contribution in [0.25, 0.3) is 0 Å². The highest BCUT2D eigenvalue weighted by Gasteiger charge is 2.36. The van der Waals surface area contributed by atoms with Gasteiger partial charge in [-0.05, 0) is 25.0 Å².